The van der Waals surface area contributed by atoms with E-state index in [0.29, 0.717) is 25.7 Å². The van der Waals surface area contributed by atoms with Gasteiger partial charge in [0.05, 0.1) is 12.7 Å². The first-order valence-corrected chi connectivity index (χ1v) is 7.00. The van der Waals surface area contributed by atoms with E-state index in [1.54, 1.807) is 19.2 Å². The number of likely N-dealkylation sites (N-methyl/N-ethyl adjacent to an activating group) is 1. The first-order chi connectivity index (χ1) is 9.60. The molecule has 112 valence electrons. The van der Waals surface area contributed by atoms with Crippen molar-refractivity contribution in [3.63, 3.8) is 0 Å². The van der Waals surface area contributed by atoms with Crippen LogP contribution in [0.2, 0.25) is 0 Å². The summed E-state index contributed by atoms with van der Waals surface area (Å²) in [6.45, 7) is 1.40. The molecular weight excluding hydrogens is 259 g/mol. The Labute approximate surface area is 119 Å². The summed E-state index contributed by atoms with van der Waals surface area (Å²) in [4.78, 5) is 1.94. The maximum atomic E-state index is 13.4. The molecule has 5 heteroatoms. The summed E-state index contributed by atoms with van der Waals surface area (Å²) in [7, 11) is 3.46. The van der Waals surface area contributed by atoms with Crippen LogP contribution in [0.3, 0.4) is 0 Å². The minimum absolute atomic E-state index is 0.229. The van der Waals surface area contributed by atoms with Gasteiger partial charge in [0.1, 0.15) is 5.82 Å². The Morgan fingerprint density at radius 3 is 2.90 bits per heavy atom. The molecule has 0 saturated heterocycles. The molecule has 1 saturated carbocycles. The Kier molecular flexibility index (Phi) is 5.34. The minimum Gasteiger partial charge on any atom is -0.389 e. The zero-order chi connectivity index (χ0) is 14.5. The number of halogens is 1. The summed E-state index contributed by atoms with van der Waals surface area (Å²) in [5.41, 5.74) is 1.86. The van der Waals surface area contributed by atoms with E-state index in [1.165, 1.54) is 18.9 Å². The SMILES string of the molecule is COCC(O)CN(C)c1ccc(F)cc1CNC1CC1. The first kappa shape index (κ1) is 15.2. The molecule has 1 aromatic rings. The Morgan fingerprint density at radius 1 is 1.50 bits per heavy atom. The maximum Gasteiger partial charge on any atom is 0.123 e. The summed E-state index contributed by atoms with van der Waals surface area (Å²) in [5.74, 6) is -0.229. The molecule has 0 bridgehead atoms. The highest BCUT2D eigenvalue weighted by atomic mass is 19.1. The van der Waals surface area contributed by atoms with E-state index in [1.807, 2.05) is 11.9 Å². The average molecular weight is 282 g/mol. The molecule has 0 heterocycles. The van der Waals surface area contributed by atoms with Gasteiger partial charge in [0.25, 0.3) is 0 Å². The lowest BCUT2D eigenvalue weighted by Gasteiger charge is -2.25. The van der Waals surface area contributed by atoms with Crippen molar-refractivity contribution in [2.45, 2.75) is 31.5 Å². The van der Waals surface area contributed by atoms with Gasteiger partial charge in [-0.05, 0) is 36.6 Å². The molecule has 0 radical (unpaired) electrons. The Bertz CT molecular complexity index is 438. The molecule has 0 aromatic heterocycles. The van der Waals surface area contributed by atoms with Crippen LogP contribution >= 0.6 is 0 Å². The number of benzene rings is 1. The minimum atomic E-state index is -0.556. The Morgan fingerprint density at radius 2 is 2.25 bits per heavy atom. The second kappa shape index (κ2) is 7.02. The lowest BCUT2D eigenvalue weighted by atomic mass is 10.1. The standard InChI is InChI=1S/C15H23FN2O2/c1-18(9-14(19)10-20-2)15-6-3-12(16)7-11(15)8-17-13-4-5-13/h3,6-7,13-14,17,19H,4-5,8-10H2,1-2H3. The summed E-state index contributed by atoms with van der Waals surface area (Å²) in [6, 6.07) is 5.35. The molecule has 4 nitrogen and oxygen atoms in total. The van der Waals surface area contributed by atoms with Gasteiger partial charge in [0.15, 0.2) is 0 Å². The number of nitrogens with one attached hydrogen (secondary N) is 1. The molecule has 1 aliphatic carbocycles. The lowest BCUT2D eigenvalue weighted by molar-refractivity contribution is 0.0695. The molecular formula is C15H23FN2O2. The summed E-state index contributed by atoms with van der Waals surface area (Å²) in [6.07, 6.45) is 1.85. The second-order valence-electron chi connectivity index (χ2n) is 5.42. The van der Waals surface area contributed by atoms with E-state index in [0.717, 1.165) is 11.3 Å². The molecule has 1 atom stereocenters. The van der Waals surface area contributed by atoms with Crippen LogP contribution in [-0.4, -0.2) is 44.6 Å². The van der Waals surface area contributed by atoms with Gasteiger partial charge in [-0.3, -0.25) is 0 Å². The largest absolute Gasteiger partial charge is 0.389 e. The highest BCUT2D eigenvalue weighted by molar-refractivity contribution is 5.53. The molecule has 1 fully saturated rings. The zero-order valence-corrected chi connectivity index (χ0v) is 12.1. The normalized spacial score (nSPS) is 16.2. The van der Waals surface area contributed by atoms with Gasteiger partial charge in [-0.15, -0.1) is 0 Å². The van der Waals surface area contributed by atoms with Crippen molar-refractivity contribution in [3.05, 3.63) is 29.6 Å². The third kappa shape index (κ3) is 4.44. The van der Waals surface area contributed by atoms with Crippen LogP contribution in [0.25, 0.3) is 0 Å². The van der Waals surface area contributed by atoms with Crippen LogP contribution < -0.4 is 10.2 Å². The van der Waals surface area contributed by atoms with Crippen molar-refractivity contribution in [1.82, 2.24) is 5.32 Å². The van der Waals surface area contributed by atoms with E-state index in [9.17, 15) is 9.50 Å². The fourth-order valence-electron chi connectivity index (χ4n) is 2.27. The fourth-order valence-corrected chi connectivity index (χ4v) is 2.27. The predicted molar refractivity (Wildman–Crippen MR) is 77.4 cm³/mol. The topological polar surface area (TPSA) is 44.7 Å². The van der Waals surface area contributed by atoms with Crippen molar-refractivity contribution in [2.75, 3.05) is 32.2 Å². The van der Waals surface area contributed by atoms with Crippen LogP contribution in [-0.2, 0) is 11.3 Å². The second-order valence-corrected chi connectivity index (χ2v) is 5.42. The Hall–Kier alpha value is -1.17. The van der Waals surface area contributed by atoms with Crippen LogP contribution in [0.15, 0.2) is 18.2 Å². The van der Waals surface area contributed by atoms with Gasteiger partial charge >= 0.3 is 0 Å². The molecule has 1 aliphatic rings. The van der Waals surface area contributed by atoms with Gasteiger partial charge in [-0.2, -0.15) is 0 Å². The van der Waals surface area contributed by atoms with Crippen LogP contribution in [0.5, 0.6) is 0 Å². The zero-order valence-electron chi connectivity index (χ0n) is 12.1. The quantitative estimate of drug-likeness (QED) is 0.759. The number of methoxy groups -OCH3 is 1. The first-order valence-electron chi connectivity index (χ1n) is 7.00. The van der Waals surface area contributed by atoms with Crippen LogP contribution in [0, 0.1) is 5.82 Å². The third-order valence-corrected chi connectivity index (χ3v) is 3.45. The average Bonchev–Trinajstić information content (AvgIpc) is 3.20. The molecule has 0 aliphatic heterocycles. The van der Waals surface area contributed by atoms with E-state index in [4.69, 9.17) is 4.74 Å². The highest BCUT2D eigenvalue weighted by Gasteiger charge is 2.21. The highest BCUT2D eigenvalue weighted by Crippen LogP contribution is 2.24. The fraction of sp³-hybridized carbons (Fsp3) is 0.600. The van der Waals surface area contributed by atoms with Gasteiger partial charge in [-0.1, -0.05) is 0 Å². The van der Waals surface area contributed by atoms with Crippen molar-refractivity contribution < 1.29 is 14.2 Å². The van der Waals surface area contributed by atoms with Crippen LogP contribution in [0.4, 0.5) is 10.1 Å². The maximum absolute atomic E-state index is 13.4. The lowest BCUT2D eigenvalue weighted by Crippen LogP contribution is -2.32. The molecule has 2 rings (SSSR count). The molecule has 0 amide bonds. The molecule has 0 spiro atoms. The monoisotopic (exact) mass is 282 g/mol. The Balaban J connectivity index is 2.03. The molecule has 2 N–H and O–H groups in total. The van der Waals surface area contributed by atoms with E-state index in [2.05, 4.69) is 5.32 Å². The van der Waals surface area contributed by atoms with Crippen molar-refractivity contribution in [2.24, 2.45) is 0 Å². The van der Waals surface area contributed by atoms with E-state index >= 15 is 0 Å². The number of hydrogen-bond donors (Lipinski definition) is 2. The molecule has 1 unspecified atom stereocenters. The number of anilines is 1. The molecule has 1 aromatic carbocycles. The number of ether oxygens (including phenoxy) is 1. The summed E-state index contributed by atoms with van der Waals surface area (Å²) < 4.78 is 18.3. The van der Waals surface area contributed by atoms with Gasteiger partial charge in [0, 0.05) is 39.0 Å². The number of nitrogens with zero attached hydrogens (tertiary/aromatic N) is 1. The summed E-state index contributed by atoms with van der Waals surface area (Å²) in [5, 5.41) is 13.2. The third-order valence-electron chi connectivity index (χ3n) is 3.45. The van der Waals surface area contributed by atoms with E-state index < -0.39 is 6.10 Å². The molecule has 20 heavy (non-hydrogen) atoms. The predicted octanol–water partition coefficient (Wildman–Crippen LogP) is 1.52. The van der Waals surface area contributed by atoms with Gasteiger partial charge in [-0.25, -0.2) is 4.39 Å². The van der Waals surface area contributed by atoms with Crippen molar-refractivity contribution in [1.29, 1.82) is 0 Å². The number of hydrogen-bond acceptors (Lipinski definition) is 4. The van der Waals surface area contributed by atoms with Gasteiger partial charge in [0.2, 0.25) is 0 Å². The van der Waals surface area contributed by atoms with Gasteiger partial charge < -0.3 is 20.1 Å². The van der Waals surface area contributed by atoms with Crippen molar-refractivity contribution in [3.8, 4) is 0 Å². The smallest absolute Gasteiger partial charge is 0.123 e. The van der Waals surface area contributed by atoms with Crippen molar-refractivity contribution >= 4 is 5.69 Å². The number of aliphatic hydroxyl groups is 1. The number of rotatable bonds is 8. The summed E-state index contributed by atoms with van der Waals surface area (Å²) >= 11 is 0. The van der Waals surface area contributed by atoms with Crippen LogP contribution in [0.1, 0.15) is 18.4 Å². The van der Waals surface area contributed by atoms with E-state index in [-0.39, 0.29) is 5.82 Å². The number of aliphatic hydroxyl groups excluding tert-OH is 1.